The topological polar surface area (TPSA) is 93.2 Å². The average Bonchev–Trinajstić information content (AvgIpc) is 2.83. The number of esters is 1. The van der Waals surface area contributed by atoms with Gasteiger partial charge in [0.2, 0.25) is 5.91 Å². The molecule has 4 atom stereocenters. The molecule has 3 rings (SSSR count). The number of anilines is 2. The van der Waals surface area contributed by atoms with Crippen molar-refractivity contribution in [1.29, 1.82) is 0 Å². The molecule has 0 bridgehead atoms. The van der Waals surface area contributed by atoms with Crippen LogP contribution in [0.2, 0.25) is 0 Å². The Bertz CT molecular complexity index is 1060. The molecule has 4 unspecified atom stereocenters. The summed E-state index contributed by atoms with van der Waals surface area (Å²) >= 11 is 0. The Hall–Kier alpha value is -3.68. The van der Waals surface area contributed by atoms with Crippen LogP contribution in [-0.4, -0.2) is 59.0 Å². The summed E-state index contributed by atoms with van der Waals surface area (Å²) in [4.78, 5) is 50.8. The third kappa shape index (κ3) is 5.53. The number of methoxy groups -OCH3 is 1. The Morgan fingerprint density at radius 2 is 1.43 bits per heavy atom. The van der Waals surface area contributed by atoms with Crippen LogP contribution >= 0.6 is 0 Å². The van der Waals surface area contributed by atoms with Crippen LogP contribution in [0.25, 0.3) is 0 Å². The van der Waals surface area contributed by atoms with E-state index in [1.165, 1.54) is 18.9 Å². The fraction of sp³-hybridized carbons (Fsp3) is 0.407. The van der Waals surface area contributed by atoms with Gasteiger partial charge in [-0.1, -0.05) is 24.3 Å². The molecule has 0 heterocycles. The molecule has 0 aliphatic heterocycles. The van der Waals surface area contributed by atoms with Crippen molar-refractivity contribution in [3.05, 3.63) is 59.7 Å². The third-order valence-corrected chi connectivity index (χ3v) is 6.76. The zero-order valence-electron chi connectivity index (χ0n) is 20.8. The normalized spacial score (nSPS) is 20.8. The summed E-state index contributed by atoms with van der Waals surface area (Å²) < 4.78 is 10.2. The first-order valence-corrected chi connectivity index (χ1v) is 11.5. The van der Waals surface area contributed by atoms with Crippen molar-refractivity contribution >= 4 is 35.5 Å². The molecule has 0 radical (unpaired) electrons. The summed E-state index contributed by atoms with van der Waals surface area (Å²) in [6.45, 7) is 1.89. The molecule has 1 aliphatic carbocycles. The van der Waals surface area contributed by atoms with E-state index in [2.05, 4.69) is 0 Å². The van der Waals surface area contributed by atoms with Gasteiger partial charge >= 0.3 is 5.97 Å². The number of carbonyl (C=O) groups excluding carboxylic acids is 4. The van der Waals surface area contributed by atoms with E-state index in [9.17, 15) is 19.2 Å². The first kappa shape index (κ1) is 25.9. The molecule has 1 amide bonds. The number of benzene rings is 2. The van der Waals surface area contributed by atoms with E-state index in [4.69, 9.17) is 9.47 Å². The fourth-order valence-electron chi connectivity index (χ4n) is 4.91. The highest BCUT2D eigenvalue weighted by molar-refractivity contribution is 6.04. The molecule has 0 spiro atoms. The van der Waals surface area contributed by atoms with Crippen molar-refractivity contribution in [2.24, 2.45) is 11.8 Å². The zero-order chi connectivity index (χ0) is 25.7. The molecule has 2 aromatic rings. The van der Waals surface area contributed by atoms with Gasteiger partial charge in [0.1, 0.15) is 5.78 Å². The third-order valence-electron chi connectivity index (χ3n) is 6.76. The lowest BCUT2D eigenvalue weighted by Crippen LogP contribution is -2.50. The van der Waals surface area contributed by atoms with Crippen LogP contribution in [0.3, 0.4) is 0 Å². The van der Waals surface area contributed by atoms with Gasteiger partial charge in [-0.2, -0.15) is 0 Å². The molecule has 186 valence electrons. The van der Waals surface area contributed by atoms with Crippen molar-refractivity contribution in [2.75, 3.05) is 44.7 Å². The van der Waals surface area contributed by atoms with E-state index in [-0.39, 0.29) is 48.4 Å². The van der Waals surface area contributed by atoms with Gasteiger partial charge in [0.05, 0.1) is 26.1 Å². The molecular formula is C27H32N2O6. The molecule has 8 nitrogen and oxygen atoms in total. The standard InChI is InChI=1S/C27H32N2O6/c1-17(31)14-23(32)29(4)21-12-8-19(9-13-21)25-24(18-6-10-20(11-7-18)28(2)3)22(15-35-16-30)26(25)27(33)34-5/h6-13,16,22,24-26H,14-15H2,1-5H3. The molecule has 1 aliphatic rings. The number of Topliss-reactive ketones (excluding diaryl/α,β-unsaturated/α-hetero) is 1. The summed E-state index contributed by atoms with van der Waals surface area (Å²) in [7, 11) is 6.92. The Kier molecular flexibility index (Phi) is 8.27. The van der Waals surface area contributed by atoms with Crippen LogP contribution in [0.5, 0.6) is 0 Å². The summed E-state index contributed by atoms with van der Waals surface area (Å²) in [5.41, 5.74) is 3.66. The van der Waals surface area contributed by atoms with Crippen molar-refractivity contribution in [3.8, 4) is 0 Å². The van der Waals surface area contributed by atoms with Crippen LogP contribution in [0.1, 0.15) is 36.3 Å². The number of hydrogen-bond donors (Lipinski definition) is 0. The van der Waals surface area contributed by atoms with Gasteiger partial charge in [0.15, 0.2) is 0 Å². The van der Waals surface area contributed by atoms with E-state index in [1.54, 1.807) is 7.05 Å². The number of ketones is 1. The van der Waals surface area contributed by atoms with E-state index < -0.39 is 5.92 Å². The van der Waals surface area contributed by atoms with Crippen LogP contribution in [0, 0.1) is 11.8 Å². The molecule has 8 heteroatoms. The second-order valence-corrected chi connectivity index (χ2v) is 9.10. The quantitative estimate of drug-likeness (QED) is 0.293. The highest BCUT2D eigenvalue weighted by Gasteiger charge is 2.55. The van der Waals surface area contributed by atoms with Crippen LogP contribution in [0.4, 0.5) is 11.4 Å². The summed E-state index contributed by atoms with van der Waals surface area (Å²) in [6, 6.07) is 15.5. The maximum Gasteiger partial charge on any atom is 0.309 e. The van der Waals surface area contributed by atoms with E-state index in [0.29, 0.717) is 12.2 Å². The fourth-order valence-corrected chi connectivity index (χ4v) is 4.91. The maximum atomic E-state index is 12.8. The number of rotatable bonds is 10. The second kappa shape index (κ2) is 11.2. The molecule has 35 heavy (non-hydrogen) atoms. The predicted molar refractivity (Wildman–Crippen MR) is 132 cm³/mol. The highest BCUT2D eigenvalue weighted by Crippen LogP contribution is 2.58. The minimum atomic E-state index is -0.485. The molecule has 1 fully saturated rings. The lowest BCUT2D eigenvalue weighted by atomic mass is 9.52. The number of hydrogen-bond acceptors (Lipinski definition) is 7. The van der Waals surface area contributed by atoms with Gasteiger partial charge in [-0.3, -0.25) is 19.2 Å². The number of nitrogens with zero attached hydrogens (tertiary/aromatic N) is 2. The molecular weight excluding hydrogens is 448 g/mol. The second-order valence-electron chi connectivity index (χ2n) is 9.10. The Labute approximate surface area is 205 Å². The lowest BCUT2D eigenvalue weighted by molar-refractivity contribution is -0.159. The molecule has 2 aromatic carbocycles. The monoisotopic (exact) mass is 480 g/mol. The molecule has 0 saturated heterocycles. The highest BCUT2D eigenvalue weighted by atomic mass is 16.5. The summed E-state index contributed by atoms with van der Waals surface area (Å²) in [5.74, 6) is -1.82. The predicted octanol–water partition coefficient (Wildman–Crippen LogP) is 3.15. The summed E-state index contributed by atoms with van der Waals surface area (Å²) in [6.07, 6.45) is -0.158. The Morgan fingerprint density at radius 3 is 1.91 bits per heavy atom. The van der Waals surface area contributed by atoms with Crippen LogP contribution in [0.15, 0.2) is 48.5 Å². The van der Waals surface area contributed by atoms with E-state index in [1.807, 2.05) is 67.5 Å². The van der Waals surface area contributed by atoms with E-state index in [0.717, 1.165) is 16.8 Å². The average molecular weight is 481 g/mol. The number of ether oxygens (including phenoxy) is 2. The summed E-state index contributed by atoms with van der Waals surface area (Å²) in [5, 5.41) is 0. The SMILES string of the molecule is COC(=O)C1C(COC=O)C(c2ccc(N(C)C)cc2)C1c1ccc(N(C)C(=O)CC(C)=O)cc1. The minimum absolute atomic E-state index is 0.0711. The van der Waals surface area contributed by atoms with Crippen molar-refractivity contribution < 1.29 is 28.7 Å². The van der Waals surface area contributed by atoms with Crippen LogP contribution in [-0.2, 0) is 28.7 Å². The first-order chi connectivity index (χ1) is 16.7. The molecule has 1 saturated carbocycles. The largest absolute Gasteiger partial charge is 0.469 e. The van der Waals surface area contributed by atoms with Gasteiger partial charge in [-0.05, 0) is 48.2 Å². The van der Waals surface area contributed by atoms with Gasteiger partial charge in [-0.25, -0.2) is 0 Å². The minimum Gasteiger partial charge on any atom is -0.469 e. The van der Waals surface area contributed by atoms with Gasteiger partial charge in [0, 0.05) is 44.4 Å². The lowest BCUT2D eigenvalue weighted by Gasteiger charge is -2.50. The number of amides is 1. The molecule has 0 N–H and O–H groups in total. The Balaban J connectivity index is 1.96. The first-order valence-electron chi connectivity index (χ1n) is 11.5. The maximum absolute atomic E-state index is 12.8. The van der Waals surface area contributed by atoms with Crippen molar-refractivity contribution in [1.82, 2.24) is 0 Å². The van der Waals surface area contributed by atoms with E-state index >= 15 is 0 Å². The number of carbonyl (C=O) groups is 4. The van der Waals surface area contributed by atoms with Gasteiger partial charge < -0.3 is 19.3 Å². The van der Waals surface area contributed by atoms with Gasteiger partial charge in [0.25, 0.3) is 6.47 Å². The van der Waals surface area contributed by atoms with Crippen molar-refractivity contribution in [2.45, 2.75) is 25.2 Å². The Morgan fingerprint density at radius 1 is 0.886 bits per heavy atom. The van der Waals surface area contributed by atoms with Crippen molar-refractivity contribution in [3.63, 3.8) is 0 Å². The van der Waals surface area contributed by atoms with Gasteiger partial charge in [-0.15, -0.1) is 0 Å². The molecule has 0 aromatic heterocycles. The zero-order valence-corrected chi connectivity index (χ0v) is 20.8. The van der Waals surface area contributed by atoms with Crippen LogP contribution < -0.4 is 9.80 Å². The smallest absolute Gasteiger partial charge is 0.309 e.